The van der Waals surface area contributed by atoms with E-state index in [1.54, 1.807) is 19.1 Å². The average Bonchev–Trinajstić information content (AvgIpc) is 3.14. The van der Waals surface area contributed by atoms with Crippen molar-refractivity contribution in [1.29, 1.82) is 0 Å². The minimum atomic E-state index is -1.06. The van der Waals surface area contributed by atoms with E-state index >= 15 is 0 Å². The van der Waals surface area contributed by atoms with Gasteiger partial charge in [0.2, 0.25) is 0 Å². The van der Waals surface area contributed by atoms with Crippen LogP contribution >= 0.6 is 11.3 Å². The molecule has 24 heavy (non-hydrogen) atoms. The lowest BCUT2D eigenvalue weighted by Crippen LogP contribution is -2.38. The van der Waals surface area contributed by atoms with Crippen LogP contribution in [0.15, 0.2) is 28.9 Å². The number of hydrogen-bond donors (Lipinski definition) is 3. The summed E-state index contributed by atoms with van der Waals surface area (Å²) < 4.78 is 5.01. The summed E-state index contributed by atoms with van der Waals surface area (Å²) >= 11 is 1.12. The van der Waals surface area contributed by atoms with E-state index in [0.717, 1.165) is 11.3 Å². The Kier molecular flexibility index (Phi) is 5.08. The second kappa shape index (κ2) is 6.88. The molecule has 0 spiro atoms. The van der Waals surface area contributed by atoms with Crippen molar-refractivity contribution in [3.05, 3.63) is 40.7 Å². The SMILES string of the molecule is Cc1cc(NC(=O)c2ccco2)sc1C(=O)NCC(C)(C)C(=O)O. The van der Waals surface area contributed by atoms with Crippen LogP contribution in [0.1, 0.15) is 39.6 Å². The second-order valence-electron chi connectivity index (χ2n) is 5.93. The molecule has 0 radical (unpaired) electrons. The van der Waals surface area contributed by atoms with Crippen LogP contribution in [0, 0.1) is 12.3 Å². The molecule has 0 aromatic carbocycles. The highest BCUT2D eigenvalue weighted by atomic mass is 32.1. The summed E-state index contributed by atoms with van der Waals surface area (Å²) in [5.41, 5.74) is -0.364. The van der Waals surface area contributed by atoms with Gasteiger partial charge in [0, 0.05) is 6.54 Å². The van der Waals surface area contributed by atoms with E-state index in [2.05, 4.69) is 10.6 Å². The van der Waals surface area contributed by atoms with Gasteiger partial charge in [-0.2, -0.15) is 0 Å². The van der Waals surface area contributed by atoms with Gasteiger partial charge in [-0.15, -0.1) is 11.3 Å². The Balaban J connectivity index is 2.04. The van der Waals surface area contributed by atoms with E-state index in [1.807, 2.05) is 0 Å². The predicted octanol–water partition coefficient (Wildman–Crippen LogP) is 2.74. The van der Waals surface area contributed by atoms with Gasteiger partial charge in [-0.25, -0.2) is 0 Å². The predicted molar refractivity (Wildman–Crippen MR) is 89.5 cm³/mol. The number of carboxylic acid groups (broad SMARTS) is 1. The number of carbonyl (C=O) groups is 3. The molecule has 2 heterocycles. The van der Waals surface area contributed by atoms with Gasteiger partial charge in [0.25, 0.3) is 11.8 Å². The third kappa shape index (κ3) is 4.02. The number of nitrogens with one attached hydrogen (secondary N) is 2. The Labute approximate surface area is 142 Å². The molecular formula is C16H18N2O5S. The molecule has 0 aliphatic heterocycles. The first-order chi connectivity index (χ1) is 11.2. The maximum absolute atomic E-state index is 12.2. The lowest BCUT2D eigenvalue weighted by molar-refractivity contribution is -0.146. The van der Waals surface area contributed by atoms with Crippen LogP contribution in [0.5, 0.6) is 0 Å². The summed E-state index contributed by atoms with van der Waals surface area (Å²) in [5, 5.41) is 14.9. The van der Waals surface area contributed by atoms with Crippen molar-refractivity contribution >= 4 is 34.1 Å². The van der Waals surface area contributed by atoms with Crippen LogP contribution in [-0.4, -0.2) is 29.4 Å². The lowest BCUT2D eigenvalue weighted by atomic mass is 9.94. The van der Waals surface area contributed by atoms with Gasteiger partial charge in [0.15, 0.2) is 5.76 Å². The Morgan fingerprint density at radius 1 is 1.29 bits per heavy atom. The van der Waals surface area contributed by atoms with Gasteiger partial charge in [-0.1, -0.05) is 0 Å². The quantitative estimate of drug-likeness (QED) is 0.742. The van der Waals surface area contributed by atoms with E-state index < -0.39 is 17.3 Å². The van der Waals surface area contributed by atoms with Gasteiger partial charge in [0.05, 0.1) is 21.6 Å². The Morgan fingerprint density at radius 3 is 2.58 bits per heavy atom. The molecule has 2 aromatic heterocycles. The number of anilines is 1. The highest BCUT2D eigenvalue weighted by Crippen LogP contribution is 2.27. The number of carbonyl (C=O) groups excluding carboxylic acids is 2. The number of carboxylic acids is 1. The first-order valence-electron chi connectivity index (χ1n) is 7.17. The van der Waals surface area contributed by atoms with Gasteiger partial charge in [-0.05, 0) is 44.5 Å². The van der Waals surface area contributed by atoms with Crippen molar-refractivity contribution in [1.82, 2.24) is 5.32 Å². The molecule has 8 heteroatoms. The molecule has 0 bridgehead atoms. The second-order valence-corrected chi connectivity index (χ2v) is 6.98. The average molecular weight is 350 g/mol. The number of furan rings is 1. The zero-order valence-electron chi connectivity index (χ0n) is 13.5. The molecule has 0 fully saturated rings. The zero-order valence-corrected chi connectivity index (χ0v) is 14.3. The molecule has 3 N–H and O–H groups in total. The fourth-order valence-corrected chi connectivity index (χ4v) is 2.79. The molecule has 0 aliphatic carbocycles. The molecule has 0 aliphatic rings. The molecule has 0 unspecified atom stereocenters. The standard InChI is InChI=1S/C16H18N2O5S/c1-9-7-11(18-13(19)10-5-4-6-23-10)24-12(9)14(20)17-8-16(2,3)15(21)22/h4-7H,8H2,1-3H3,(H,17,20)(H,18,19)(H,21,22). The van der Waals surface area contributed by atoms with Crippen molar-refractivity contribution in [2.45, 2.75) is 20.8 Å². The number of rotatable bonds is 6. The number of hydrogen-bond acceptors (Lipinski definition) is 5. The monoisotopic (exact) mass is 350 g/mol. The van der Waals surface area contributed by atoms with Gasteiger partial charge in [0.1, 0.15) is 0 Å². The number of amides is 2. The third-order valence-corrected chi connectivity index (χ3v) is 4.53. The van der Waals surface area contributed by atoms with Gasteiger partial charge >= 0.3 is 5.97 Å². The topological polar surface area (TPSA) is 109 Å². The van der Waals surface area contributed by atoms with Crippen LogP contribution in [0.25, 0.3) is 0 Å². The minimum Gasteiger partial charge on any atom is -0.481 e. The Bertz CT molecular complexity index is 762. The van der Waals surface area contributed by atoms with Crippen LogP contribution in [0.3, 0.4) is 0 Å². The largest absolute Gasteiger partial charge is 0.481 e. The molecule has 2 aromatic rings. The summed E-state index contributed by atoms with van der Waals surface area (Å²) in [6.45, 7) is 4.82. The molecule has 0 saturated heterocycles. The van der Waals surface area contributed by atoms with Crippen LogP contribution < -0.4 is 10.6 Å². The third-order valence-electron chi connectivity index (χ3n) is 3.38. The maximum atomic E-state index is 12.2. The van der Waals surface area contributed by atoms with Crippen molar-refractivity contribution in [2.75, 3.05) is 11.9 Å². The highest BCUT2D eigenvalue weighted by molar-refractivity contribution is 7.18. The van der Waals surface area contributed by atoms with Crippen molar-refractivity contribution in [3.63, 3.8) is 0 Å². The molecule has 2 rings (SSSR count). The molecule has 0 saturated carbocycles. The smallest absolute Gasteiger partial charge is 0.310 e. The summed E-state index contributed by atoms with van der Waals surface area (Å²) in [6.07, 6.45) is 1.40. The number of aliphatic carboxylic acids is 1. The minimum absolute atomic E-state index is 0.00654. The number of aryl methyl sites for hydroxylation is 1. The summed E-state index contributed by atoms with van der Waals surface area (Å²) in [4.78, 5) is 35.7. The highest BCUT2D eigenvalue weighted by Gasteiger charge is 2.28. The first kappa shape index (κ1) is 17.7. The van der Waals surface area contributed by atoms with E-state index in [9.17, 15) is 14.4 Å². The normalized spacial score (nSPS) is 11.1. The van der Waals surface area contributed by atoms with Crippen LogP contribution in [-0.2, 0) is 4.79 Å². The summed E-state index contributed by atoms with van der Waals surface area (Å²) in [5.74, 6) is -1.59. The van der Waals surface area contributed by atoms with E-state index in [1.165, 1.54) is 26.2 Å². The molecular weight excluding hydrogens is 332 g/mol. The van der Waals surface area contributed by atoms with Crippen LogP contribution in [0.4, 0.5) is 5.00 Å². The van der Waals surface area contributed by atoms with Crippen LogP contribution in [0.2, 0.25) is 0 Å². The fourth-order valence-electron chi connectivity index (χ4n) is 1.81. The van der Waals surface area contributed by atoms with Crippen molar-refractivity contribution in [3.8, 4) is 0 Å². The van der Waals surface area contributed by atoms with Gasteiger partial charge < -0.3 is 20.2 Å². The van der Waals surface area contributed by atoms with Crippen molar-refractivity contribution in [2.24, 2.45) is 5.41 Å². The first-order valence-corrected chi connectivity index (χ1v) is 7.99. The van der Waals surface area contributed by atoms with E-state index in [-0.39, 0.29) is 18.2 Å². The molecule has 2 amide bonds. The van der Waals surface area contributed by atoms with Gasteiger partial charge in [-0.3, -0.25) is 14.4 Å². The zero-order chi connectivity index (χ0) is 17.9. The maximum Gasteiger partial charge on any atom is 0.310 e. The number of thiophene rings is 1. The Morgan fingerprint density at radius 2 is 2.00 bits per heavy atom. The summed E-state index contributed by atoms with van der Waals surface area (Å²) in [7, 11) is 0. The van der Waals surface area contributed by atoms with E-state index in [0.29, 0.717) is 15.4 Å². The summed E-state index contributed by atoms with van der Waals surface area (Å²) in [6, 6.07) is 4.83. The molecule has 128 valence electrons. The van der Waals surface area contributed by atoms with E-state index in [4.69, 9.17) is 9.52 Å². The van der Waals surface area contributed by atoms with Crippen molar-refractivity contribution < 1.29 is 23.9 Å². The lowest BCUT2D eigenvalue weighted by Gasteiger charge is -2.19. The fraction of sp³-hybridized carbons (Fsp3) is 0.312. The Hall–Kier alpha value is -2.61. The molecule has 0 atom stereocenters. The molecule has 7 nitrogen and oxygen atoms in total.